The molecule has 0 radical (unpaired) electrons. The van der Waals surface area contributed by atoms with Crippen molar-refractivity contribution in [1.82, 2.24) is 5.43 Å². The number of amides is 1. The lowest BCUT2D eigenvalue weighted by atomic mass is 10.2. The van der Waals surface area contributed by atoms with Crippen molar-refractivity contribution in [2.75, 3.05) is 7.11 Å². The molecule has 10 heteroatoms. The molecule has 1 unspecified atom stereocenters. The van der Waals surface area contributed by atoms with Crippen molar-refractivity contribution in [3.05, 3.63) is 94.0 Å². The van der Waals surface area contributed by atoms with Gasteiger partial charge in [0.05, 0.1) is 23.8 Å². The second-order valence-corrected chi connectivity index (χ2v) is 6.91. The average molecular weight is 463 g/mol. The summed E-state index contributed by atoms with van der Waals surface area (Å²) in [6.07, 6.45) is 0.329. The molecule has 1 amide bonds. The number of methoxy groups -OCH3 is 1. The standard InChI is InChI=1S/C24H21N3O7/c1-16(33-22-9-4-3-8-21(22)27(30)31)23(28)26-25-15-17-6-5-7-20(14-17)34-24(29)18-10-12-19(32-2)13-11-18/h3-16H,1-2H3,(H,26,28). The van der Waals surface area contributed by atoms with E-state index >= 15 is 0 Å². The first-order valence-corrected chi connectivity index (χ1v) is 10.1. The topological polar surface area (TPSA) is 129 Å². The molecule has 10 nitrogen and oxygen atoms in total. The zero-order chi connectivity index (χ0) is 24.5. The van der Waals surface area contributed by atoms with Crippen molar-refractivity contribution in [3.63, 3.8) is 0 Å². The number of rotatable bonds is 9. The Balaban J connectivity index is 1.57. The van der Waals surface area contributed by atoms with Gasteiger partial charge in [0, 0.05) is 6.07 Å². The summed E-state index contributed by atoms with van der Waals surface area (Å²) in [5, 5.41) is 14.9. The Morgan fingerprint density at radius 1 is 1.03 bits per heavy atom. The molecule has 0 aliphatic rings. The van der Waals surface area contributed by atoms with E-state index in [4.69, 9.17) is 14.2 Å². The van der Waals surface area contributed by atoms with Crippen molar-refractivity contribution in [1.29, 1.82) is 0 Å². The summed E-state index contributed by atoms with van der Waals surface area (Å²) in [4.78, 5) is 35.0. The predicted molar refractivity (Wildman–Crippen MR) is 123 cm³/mol. The third kappa shape index (κ3) is 6.39. The van der Waals surface area contributed by atoms with Gasteiger partial charge in [0.15, 0.2) is 11.9 Å². The lowest BCUT2D eigenvalue weighted by molar-refractivity contribution is -0.386. The van der Waals surface area contributed by atoms with E-state index in [1.165, 1.54) is 38.4 Å². The number of para-hydroxylation sites is 2. The van der Waals surface area contributed by atoms with Crippen LogP contribution in [0.3, 0.4) is 0 Å². The summed E-state index contributed by atoms with van der Waals surface area (Å²) in [7, 11) is 1.53. The van der Waals surface area contributed by atoms with Crippen LogP contribution >= 0.6 is 0 Å². The molecule has 0 spiro atoms. The summed E-state index contributed by atoms with van der Waals surface area (Å²) in [6.45, 7) is 1.45. The minimum absolute atomic E-state index is 0.0227. The normalized spacial score (nSPS) is 11.5. The van der Waals surface area contributed by atoms with Crippen LogP contribution < -0.4 is 19.6 Å². The molecular formula is C24H21N3O7. The molecule has 3 aromatic carbocycles. The van der Waals surface area contributed by atoms with Gasteiger partial charge < -0.3 is 14.2 Å². The number of nitro benzene ring substituents is 1. The Labute approximate surface area is 194 Å². The third-order valence-electron chi connectivity index (χ3n) is 4.52. The number of carbonyl (C=O) groups is 2. The predicted octanol–water partition coefficient (Wildman–Crippen LogP) is 3.74. The second kappa shape index (κ2) is 11.2. The first-order valence-electron chi connectivity index (χ1n) is 10.1. The monoisotopic (exact) mass is 463 g/mol. The Morgan fingerprint density at radius 3 is 2.47 bits per heavy atom. The molecular weight excluding hydrogens is 442 g/mol. The van der Waals surface area contributed by atoms with Gasteiger partial charge in [0.1, 0.15) is 11.5 Å². The summed E-state index contributed by atoms with van der Waals surface area (Å²) in [5.41, 5.74) is 2.99. The van der Waals surface area contributed by atoms with E-state index in [0.717, 1.165) is 0 Å². The Bertz CT molecular complexity index is 1210. The van der Waals surface area contributed by atoms with Crippen LogP contribution in [0.2, 0.25) is 0 Å². The maximum absolute atomic E-state index is 12.3. The number of nitrogens with zero attached hydrogens (tertiary/aromatic N) is 2. The van der Waals surface area contributed by atoms with Crippen molar-refractivity contribution in [3.8, 4) is 17.2 Å². The zero-order valence-corrected chi connectivity index (χ0v) is 18.3. The van der Waals surface area contributed by atoms with Gasteiger partial charge in [0.25, 0.3) is 5.91 Å². The fourth-order valence-corrected chi connectivity index (χ4v) is 2.76. The van der Waals surface area contributed by atoms with E-state index in [1.807, 2.05) is 0 Å². The average Bonchev–Trinajstić information content (AvgIpc) is 2.84. The summed E-state index contributed by atoms with van der Waals surface area (Å²) < 4.78 is 15.8. The highest BCUT2D eigenvalue weighted by Gasteiger charge is 2.20. The van der Waals surface area contributed by atoms with Crippen LogP contribution in [0.1, 0.15) is 22.8 Å². The highest BCUT2D eigenvalue weighted by Crippen LogP contribution is 2.26. The van der Waals surface area contributed by atoms with Gasteiger partial charge in [0.2, 0.25) is 0 Å². The molecule has 0 heterocycles. The molecule has 0 bridgehead atoms. The number of hydrazone groups is 1. The molecule has 0 aliphatic heterocycles. The third-order valence-corrected chi connectivity index (χ3v) is 4.52. The summed E-state index contributed by atoms with van der Waals surface area (Å²) in [5.74, 6) is -0.240. The molecule has 34 heavy (non-hydrogen) atoms. The van der Waals surface area contributed by atoms with E-state index in [9.17, 15) is 19.7 Å². The first kappa shape index (κ1) is 23.9. The van der Waals surface area contributed by atoms with E-state index in [0.29, 0.717) is 22.6 Å². The van der Waals surface area contributed by atoms with Gasteiger partial charge in [-0.1, -0.05) is 24.3 Å². The number of hydrogen-bond acceptors (Lipinski definition) is 8. The number of benzene rings is 3. The van der Waals surface area contributed by atoms with E-state index < -0.39 is 22.9 Å². The molecule has 0 saturated heterocycles. The number of carbonyl (C=O) groups excluding carboxylic acids is 2. The molecule has 3 rings (SSSR count). The van der Waals surface area contributed by atoms with Crippen LogP contribution in [0.4, 0.5) is 5.69 Å². The fourth-order valence-electron chi connectivity index (χ4n) is 2.76. The Kier molecular flexibility index (Phi) is 7.90. The van der Waals surface area contributed by atoms with Gasteiger partial charge in [-0.2, -0.15) is 5.10 Å². The minimum atomic E-state index is -1.03. The summed E-state index contributed by atoms with van der Waals surface area (Å²) in [6, 6.07) is 18.8. The summed E-state index contributed by atoms with van der Waals surface area (Å²) >= 11 is 0. The smallest absolute Gasteiger partial charge is 0.343 e. The van der Waals surface area contributed by atoms with Crippen LogP contribution in [0.5, 0.6) is 17.2 Å². The number of nitrogens with one attached hydrogen (secondary N) is 1. The molecule has 3 aromatic rings. The van der Waals surface area contributed by atoms with Crippen molar-refractivity contribution in [2.24, 2.45) is 5.10 Å². The maximum atomic E-state index is 12.3. The highest BCUT2D eigenvalue weighted by atomic mass is 16.6. The number of ether oxygens (including phenoxy) is 3. The Hall–Kier alpha value is -4.73. The van der Waals surface area contributed by atoms with Gasteiger partial charge in [-0.05, 0) is 55.0 Å². The second-order valence-electron chi connectivity index (χ2n) is 6.91. The zero-order valence-electron chi connectivity index (χ0n) is 18.3. The lowest BCUT2D eigenvalue weighted by Crippen LogP contribution is -2.33. The molecule has 0 aliphatic carbocycles. The van der Waals surface area contributed by atoms with Crippen LogP contribution in [0, 0.1) is 10.1 Å². The minimum Gasteiger partial charge on any atom is -0.497 e. The van der Waals surface area contributed by atoms with Gasteiger partial charge in [-0.25, -0.2) is 10.2 Å². The maximum Gasteiger partial charge on any atom is 0.343 e. The highest BCUT2D eigenvalue weighted by molar-refractivity contribution is 5.91. The Morgan fingerprint density at radius 2 is 1.76 bits per heavy atom. The van der Waals surface area contributed by atoms with Crippen molar-refractivity contribution < 1.29 is 28.7 Å². The van der Waals surface area contributed by atoms with Gasteiger partial charge in [-0.15, -0.1) is 0 Å². The molecule has 1 atom stereocenters. The van der Waals surface area contributed by atoms with E-state index in [1.54, 1.807) is 54.6 Å². The molecule has 0 saturated carbocycles. The van der Waals surface area contributed by atoms with Crippen LogP contribution in [0.25, 0.3) is 0 Å². The van der Waals surface area contributed by atoms with Crippen LogP contribution in [-0.2, 0) is 4.79 Å². The van der Waals surface area contributed by atoms with E-state index in [-0.39, 0.29) is 11.4 Å². The van der Waals surface area contributed by atoms with Crippen molar-refractivity contribution in [2.45, 2.75) is 13.0 Å². The number of hydrogen-bond donors (Lipinski definition) is 1. The molecule has 1 N–H and O–H groups in total. The first-order chi connectivity index (χ1) is 16.4. The SMILES string of the molecule is COc1ccc(C(=O)Oc2cccc(C=NNC(=O)C(C)Oc3ccccc3[N+](=O)[O-])c2)cc1. The largest absolute Gasteiger partial charge is 0.497 e. The van der Waals surface area contributed by atoms with Gasteiger partial charge in [-0.3, -0.25) is 14.9 Å². The molecule has 0 fully saturated rings. The lowest BCUT2D eigenvalue weighted by Gasteiger charge is -2.12. The number of nitro groups is 1. The fraction of sp³-hybridized carbons (Fsp3) is 0.125. The van der Waals surface area contributed by atoms with Gasteiger partial charge >= 0.3 is 11.7 Å². The van der Waals surface area contributed by atoms with E-state index in [2.05, 4.69) is 10.5 Å². The molecule has 0 aromatic heterocycles. The quantitative estimate of drug-likeness (QED) is 0.168. The van der Waals surface area contributed by atoms with Crippen molar-refractivity contribution >= 4 is 23.8 Å². The molecule has 174 valence electrons. The van der Waals surface area contributed by atoms with Crippen LogP contribution in [0.15, 0.2) is 77.9 Å². The number of esters is 1. The van der Waals surface area contributed by atoms with Crippen LogP contribution in [-0.4, -0.2) is 36.2 Å².